The van der Waals surface area contributed by atoms with Gasteiger partial charge in [-0.05, 0) is 25.1 Å². The summed E-state index contributed by atoms with van der Waals surface area (Å²) in [5.74, 6) is 0.314. The van der Waals surface area contributed by atoms with Crippen LogP contribution >= 0.6 is 0 Å². The summed E-state index contributed by atoms with van der Waals surface area (Å²) in [6.45, 7) is 3.49. The van der Waals surface area contributed by atoms with Gasteiger partial charge in [0.05, 0.1) is 0 Å². The Labute approximate surface area is 133 Å². The number of carbonyl (C=O) groups excluding carboxylic acids is 2. The highest BCUT2D eigenvalue weighted by Gasteiger charge is 2.27. The summed E-state index contributed by atoms with van der Waals surface area (Å²) in [5.41, 5.74) is 0.729. The van der Waals surface area contributed by atoms with Crippen molar-refractivity contribution in [2.45, 2.75) is 6.92 Å². The Bertz CT molecular complexity index is 732. The molecule has 2 aromatic rings. The second-order valence-electron chi connectivity index (χ2n) is 5.46. The van der Waals surface area contributed by atoms with Crippen molar-refractivity contribution in [3.05, 3.63) is 47.3 Å². The van der Waals surface area contributed by atoms with Crippen molar-refractivity contribution < 1.29 is 19.2 Å². The monoisotopic (exact) mass is 315 g/mol. The Balaban J connectivity index is 1.62. The molecule has 0 atom stereocenters. The predicted octanol–water partition coefficient (Wildman–Crippen LogP) is 1.29. The fourth-order valence-corrected chi connectivity index (χ4v) is 2.56. The summed E-state index contributed by atoms with van der Waals surface area (Å²) in [7, 11) is 0. The van der Waals surface area contributed by atoms with E-state index in [0.29, 0.717) is 37.5 Å². The van der Waals surface area contributed by atoms with Crippen LogP contribution < -0.4 is 0 Å². The third-order valence-electron chi connectivity index (χ3n) is 3.79. The number of amides is 2. The maximum absolute atomic E-state index is 12.4. The van der Waals surface area contributed by atoms with E-state index in [2.05, 4.69) is 5.16 Å². The average Bonchev–Trinajstić information content (AvgIpc) is 3.00. The van der Waals surface area contributed by atoms with Crippen molar-refractivity contribution in [2.75, 3.05) is 26.2 Å². The zero-order chi connectivity index (χ0) is 16.4. The van der Waals surface area contributed by atoms with Crippen LogP contribution in [0, 0.1) is 6.92 Å². The van der Waals surface area contributed by atoms with Crippen molar-refractivity contribution in [3.63, 3.8) is 0 Å². The van der Waals surface area contributed by atoms with E-state index in [4.69, 9.17) is 4.52 Å². The summed E-state index contributed by atoms with van der Waals surface area (Å²) in [5, 5.41) is 13.2. The molecule has 3 rings (SSSR count). The van der Waals surface area contributed by atoms with Crippen molar-refractivity contribution in [1.82, 2.24) is 15.0 Å². The number of rotatable bonds is 2. The van der Waals surface area contributed by atoms with Crippen LogP contribution in [0.4, 0.5) is 0 Å². The van der Waals surface area contributed by atoms with Gasteiger partial charge in [0.15, 0.2) is 5.69 Å². The van der Waals surface area contributed by atoms with E-state index in [-0.39, 0.29) is 23.3 Å². The molecule has 2 heterocycles. The van der Waals surface area contributed by atoms with Crippen molar-refractivity contribution in [1.29, 1.82) is 0 Å². The molecule has 0 aliphatic carbocycles. The highest BCUT2D eigenvalue weighted by molar-refractivity contribution is 5.95. The number of carbonyl (C=O) groups is 2. The zero-order valence-electron chi connectivity index (χ0n) is 12.7. The Morgan fingerprint density at radius 2 is 1.74 bits per heavy atom. The predicted molar refractivity (Wildman–Crippen MR) is 81.2 cm³/mol. The quantitative estimate of drug-likeness (QED) is 0.902. The second kappa shape index (κ2) is 6.12. The molecule has 0 unspecified atom stereocenters. The first-order valence-electron chi connectivity index (χ1n) is 7.35. The lowest BCUT2D eigenvalue weighted by molar-refractivity contribution is 0.0529. The van der Waals surface area contributed by atoms with Gasteiger partial charge in [0.2, 0.25) is 0 Å². The molecule has 23 heavy (non-hydrogen) atoms. The fourth-order valence-electron chi connectivity index (χ4n) is 2.56. The minimum Gasteiger partial charge on any atom is -0.508 e. The first-order valence-corrected chi connectivity index (χ1v) is 7.35. The van der Waals surface area contributed by atoms with Crippen LogP contribution in [0.3, 0.4) is 0 Å². The standard InChI is InChI=1S/C16H17N3O4/c1-11-9-14(17-23-11)16(22)19-7-5-18(6-8-19)15(21)12-3-2-4-13(20)10-12/h2-4,9-10,20H,5-8H2,1H3. The Hall–Kier alpha value is -2.83. The number of aromatic nitrogens is 1. The van der Waals surface area contributed by atoms with Crippen molar-refractivity contribution >= 4 is 11.8 Å². The molecule has 1 aromatic carbocycles. The molecule has 1 fully saturated rings. The third-order valence-corrected chi connectivity index (χ3v) is 3.79. The largest absolute Gasteiger partial charge is 0.508 e. The number of hydrogen-bond donors (Lipinski definition) is 1. The molecule has 7 nitrogen and oxygen atoms in total. The van der Waals surface area contributed by atoms with Crippen LogP contribution in [0.2, 0.25) is 0 Å². The molecule has 0 bridgehead atoms. The van der Waals surface area contributed by atoms with E-state index in [0.717, 1.165) is 0 Å². The smallest absolute Gasteiger partial charge is 0.276 e. The highest BCUT2D eigenvalue weighted by Crippen LogP contribution is 2.15. The van der Waals surface area contributed by atoms with Gasteiger partial charge in [0.25, 0.3) is 11.8 Å². The highest BCUT2D eigenvalue weighted by atomic mass is 16.5. The topological polar surface area (TPSA) is 86.9 Å². The Kier molecular flexibility index (Phi) is 4.01. The lowest BCUT2D eigenvalue weighted by atomic mass is 10.1. The average molecular weight is 315 g/mol. The minimum absolute atomic E-state index is 0.0612. The summed E-state index contributed by atoms with van der Waals surface area (Å²) in [4.78, 5) is 28.0. The summed E-state index contributed by atoms with van der Waals surface area (Å²) >= 11 is 0. The Morgan fingerprint density at radius 3 is 2.30 bits per heavy atom. The van der Waals surface area contributed by atoms with Gasteiger partial charge in [-0.15, -0.1) is 0 Å². The summed E-state index contributed by atoms with van der Waals surface area (Å²) < 4.78 is 4.92. The Morgan fingerprint density at radius 1 is 1.09 bits per heavy atom. The first-order chi connectivity index (χ1) is 11.0. The van der Waals surface area contributed by atoms with Gasteiger partial charge in [-0.3, -0.25) is 9.59 Å². The molecule has 1 N–H and O–H groups in total. The van der Waals surface area contributed by atoms with E-state index in [9.17, 15) is 14.7 Å². The van der Waals surface area contributed by atoms with Crippen LogP contribution in [-0.4, -0.2) is 58.1 Å². The van der Waals surface area contributed by atoms with E-state index >= 15 is 0 Å². The number of phenolic OH excluding ortho intramolecular Hbond substituents is 1. The number of piperazine rings is 1. The number of hydrogen-bond acceptors (Lipinski definition) is 5. The van der Waals surface area contributed by atoms with E-state index < -0.39 is 0 Å². The fraction of sp³-hybridized carbons (Fsp3) is 0.312. The van der Waals surface area contributed by atoms with E-state index in [1.165, 1.54) is 12.1 Å². The molecular formula is C16H17N3O4. The first kappa shape index (κ1) is 15.1. The van der Waals surface area contributed by atoms with Crippen LogP contribution in [0.5, 0.6) is 5.75 Å². The molecule has 0 saturated carbocycles. The molecule has 1 saturated heterocycles. The number of aryl methyl sites for hydroxylation is 1. The zero-order valence-corrected chi connectivity index (χ0v) is 12.7. The van der Waals surface area contributed by atoms with Crippen LogP contribution in [0.1, 0.15) is 26.6 Å². The molecule has 1 aromatic heterocycles. The number of phenols is 1. The number of benzene rings is 1. The maximum Gasteiger partial charge on any atom is 0.276 e. The SMILES string of the molecule is Cc1cc(C(=O)N2CCN(C(=O)c3cccc(O)c3)CC2)no1. The minimum atomic E-state index is -0.189. The summed E-state index contributed by atoms with van der Waals surface area (Å²) in [6.07, 6.45) is 0. The van der Waals surface area contributed by atoms with Gasteiger partial charge in [0.1, 0.15) is 11.5 Å². The van der Waals surface area contributed by atoms with Gasteiger partial charge in [-0.1, -0.05) is 11.2 Å². The van der Waals surface area contributed by atoms with Gasteiger partial charge < -0.3 is 19.4 Å². The van der Waals surface area contributed by atoms with Gasteiger partial charge in [-0.2, -0.15) is 0 Å². The number of aromatic hydroxyl groups is 1. The van der Waals surface area contributed by atoms with Crippen molar-refractivity contribution in [3.8, 4) is 5.75 Å². The molecule has 1 aliphatic heterocycles. The molecular weight excluding hydrogens is 298 g/mol. The van der Waals surface area contributed by atoms with Crippen LogP contribution in [-0.2, 0) is 0 Å². The van der Waals surface area contributed by atoms with E-state index in [1.807, 2.05) is 0 Å². The second-order valence-corrected chi connectivity index (χ2v) is 5.46. The van der Waals surface area contributed by atoms with Gasteiger partial charge in [0, 0.05) is 37.8 Å². The van der Waals surface area contributed by atoms with E-state index in [1.54, 1.807) is 34.9 Å². The molecule has 1 aliphatic rings. The molecule has 7 heteroatoms. The normalized spacial score (nSPS) is 14.8. The molecule has 2 amide bonds. The van der Waals surface area contributed by atoms with Crippen LogP contribution in [0.15, 0.2) is 34.9 Å². The number of nitrogens with zero attached hydrogens (tertiary/aromatic N) is 3. The summed E-state index contributed by atoms with van der Waals surface area (Å²) in [6, 6.07) is 7.87. The van der Waals surface area contributed by atoms with Crippen molar-refractivity contribution in [2.24, 2.45) is 0 Å². The van der Waals surface area contributed by atoms with Crippen LogP contribution in [0.25, 0.3) is 0 Å². The lowest BCUT2D eigenvalue weighted by Crippen LogP contribution is -2.50. The lowest BCUT2D eigenvalue weighted by Gasteiger charge is -2.34. The maximum atomic E-state index is 12.4. The molecule has 0 radical (unpaired) electrons. The van der Waals surface area contributed by atoms with Gasteiger partial charge >= 0.3 is 0 Å². The third kappa shape index (κ3) is 3.18. The molecule has 0 spiro atoms. The van der Waals surface area contributed by atoms with Gasteiger partial charge in [-0.25, -0.2) is 0 Å². The molecule has 120 valence electrons.